The normalized spacial score (nSPS) is 17.1. The van der Waals surface area contributed by atoms with Gasteiger partial charge in [-0.15, -0.1) is 0 Å². The predicted octanol–water partition coefficient (Wildman–Crippen LogP) is 3.40. The van der Waals surface area contributed by atoms with E-state index in [9.17, 15) is 4.79 Å². The summed E-state index contributed by atoms with van der Waals surface area (Å²) < 4.78 is 0. The van der Waals surface area contributed by atoms with E-state index in [1.165, 1.54) is 18.4 Å². The molecule has 0 aromatic carbocycles. The van der Waals surface area contributed by atoms with Gasteiger partial charge in [0.15, 0.2) is 0 Å². The van der Waals surface area contributed by atoms with Gasteiger partial charge in [0.05, 0.1) is 5.69 Å². The lowest BCUT2D eigenvalue weighted by molar-refractivity contribution is 0.310. The Morgan fingerprint density at radius 1 is 1.21 bits per heavy atom. The summed E-state index contributed by atoms with van der Waals surface area (Å²) in [6.07, 6.45) is 11.3. The van der Waals surface area contributed by atoms with Crippen LogP contribution in [0, 0.1) is 0 Å². The zero-order chi connectivity index (χ0) is 19.8. The van der Waals surface area contributed by atoms with Gasteiger partial charge in [0, 0.05) is 43.0 Å². The summed E-state index contributed by atoms with van der Waals surface area (Å²) >= 11 is 0. The highest BCUT2D eigenvalue weighted by Gasteiger charge is 2.17. The molecule has 0 radical (unpaired) electrons. The van der Waals surface area contributed by atoms with Gasteiger partial charge >= 0.3 is 0 Å². The van der Waals surface area contributed by atoms with Crippen LogP contribution in [-0.2, 0) is 13.0 Å². The van der Waals surface area contributed by atoms with E-state index in [-0.39, 0.29) is 5.56 Å². The Kier molecular flexibility index (Phi) is 4.60. The Balaban J connectivity index is 1.52. The Hall–Kier alpha value is -3.06. The maximum Gasteiger partial charge on any atom is 0.271 e. The second-order valence-electron chi connectivity index (χ2n) is 7.89. The third-order valence-electron chi connectivity index (χ3n) is 5.74. The molecule has 0 atom stereocenters. The molecule has 2 aliphatic rings. The number of nitrogens with one attached hydrogen (secondary N) is 2. The minimum Gasteiger partial charge on any atom is -0.324 e. The first-order valence-corrected chi connectivity index (χ1v) is 10.2. The molecule has 0 bridgehead atoms. The molecule has 5 rings (SSSR count). The molecule has 7 heteroatoms. The molecule has 0 unspecified atom stereocenters. The number of rotatable bonds is 3. The summed E-state index contributed by atoms with van der Waals surface area (Å²) in [5.74, 6) is 0.415. The molecule has 148 valence electrons. The number of aromatic nitrogens is 4. The Labute approximate surface area is 168 Å². The van der Waals surface area contributed by atoms with E-state index < -0.39 is 0 Å². The number of H-pyrrole nitrogens is 1. The minimum absolute atomic E-state index is 0.140. The van der Waals surface area contributed by atoms with Crippen LogP contribution in [0.1, 0.15) is 42.6 Å². The van der Waals surface area contributed by atoms with E-state index in [4.69, 9.17) is 4.98 Å². The second kappa shape index (κ2) is 7.40. The van der Waals surface area contributed by atoms with Gasteiger partial charge in [-0.25, -0.2) is 9.97 Å². The van der Waals surface area contributed by atoms with Gasteiger partial charge in [-0.3, -0.25) is 9.78 Å². The van der Waals surface area contributed by atoms with E-state index in [1.807, 2.05) is 18.3 Å². The summed E-state index contributed by atoms with van der Waals surface area (Å²) in [7, 11) is 2.09. The average Bonchev–Trinajstić information content (AvgIpc) is 2.75. The fourth-order valence-electron chi connectivity index (χ4n) is 4.17. The van der Waals surface area contributed by atoms with Gasteiger partial charge in [0.1, 0.15) is 11.2 Å². The summed E-state index contributed by atoms with van der Waals surface area (Å²) in [6, 6.07) is 3.85. The Morgan fingerprint density at radius 3 is 3.00 bits per heavy atom. The van der Waals surface area contributed by atoms with Gasteiger partial charge in [-0.05, 0) is 56.0 Å². The van der Waals surface area contributed by atoms with Crippen LogP contribution in [0.4, 0.5) is 11.6 Å². The SMILES string of the molecule is CN1CCc2[nH]c(=O)c(Nc3ncc4ccnc(C5=CCCCC5)c4n3)cc2C1. The summed E-state index contributed by atoms with van der Waals surface area (Å²) in [5.41, 5.74) is 5.49. The fraction of sp³-hybridized carbons (Fsp3) is 0.364. The number of likely N-dealkylation sites (N-methyl/N-ethyl adjacent to an activating group) is 1. The molecule has 29 heavy (non-hydrogen) atoms. The fourth-order valence-corrected chi connectivity index (χ4v) is 4.17. The number of anilines is 2. The number of aromatic amines is 1. The predicted molar refractivity (Wildman–Crippen MR) is 114 cm³/mol. The van der Waals surface area contributed by atoms with Crippen LogP contribution < -0.4 is 10.9 Å². The lowest BCUT2D eigenvalue weighted by atomic mass is 9.96. The molecule has 3 aromatic heterocycles. The number of allylic oxidation sites excluding steroid dienone is 2. The molecular formula is C22H24N6O. The molecule has 3 aromatic rings. The van der Waals surface area contributed by atoms with Crippen LogP contribution in [0.5, 0.6) is 0 Å². The van der Waals surface area contributed by atoms with Crippen molar-refractivity contribution in [1.29, 1.82) is 0 Å². The van der Waals surface area contributed by atoms with E-state index in [0.717, 1.165) is 60.2 Å². The van der Waals surface area contributed by atoms with Gasteiger partial charge in [-0.1, -0.05) is 6.08 Å². The highest BCUT2D eigenvalue weighted by molar-refractivity contribution is 5.89. The van der Waals surface area contributed by atoms with Gasteiger partial charge in [-0.2, -0.15) is 0 Å². The summed E-state index contributed by atoms with van der Waals surface area (Å²) in [6.45, 7) is 1.77. The van der Waals surface area contributed by atoms with Crippen molar-refractivity contribution in [2.45, 2.75) is 38.6 Å². The van der Waals surface area contributed by atoms with Crippen molar-refractivity contribution in [1.82, 2.24) is 24.8 Å². The van der Waals surface area contributed by atoms with Crippen LogP contribution >= 0.6 is 0 Å². The smallest absolute Gasteiger partial charge is 0.271 e. The molecule has 2 N–H and O–H groups in total. The van der Waals surface area contributed by atoms with Crippen molar-refractivity contribution >= 4 is 28.1 Å². The number of hydrogen-bond acceptors (Lipinski definition) is 6. The first-order valence-electron chi connectivity index (χ1n) is 10.2. The Bertz CT molecular complexity index is 1170. The highest BCUT2D eigenvalue weighted by Crippen LogP contribution is 2.29. The van der Waals surface area contributed by atoms with Crippen molar-refractivity contribution in [3.63, 3.8) is 0 Å². The average molecular weight is 388 g/mol. The van der Waals surface area contributed by atoms with Gasteiger partial charge in [0.25, 0.3) is 5.56 Å². The zero-order valence-electron chi connectivity index (χ0n) is 16.5. The lowest BCUT2D eigenvalue weighted by Gasteiger charge is -2.24. The zero-order valence-corrected chi connectivity index (χ0v) is 16.5. The summed E-state index contributed by atoms with van der Waals surface area (Å²) in [5, 5.41) is 4.08. The molecule has 7 nitrogen and oxygen atoms in total. The van der Waals surface area contributed by atoms with Crippen molar-refractivity contribution in [3.05, 3.63) is 57.9 Å². The second-order valence-corrected chi connectivity index (χ2v) is 7.89. The number of nitrogens with zero attached hydrogens (tertiary/aromatic N) is 4. The molecule has 0 amide bonds. The highest BCUT2D eigenvalue weighted by atomic mass is 16.1. The number of fused-ring (bicyclic) bond motifs is 2. The molecule has 4 heterocycles. The van der Waals surface area contributed by atoms with Crippen molar-refractivity contribution < 1.29 is 0 Å². The third kappa shape index (κ3) is 3.53. The van der Waals surface area contributed by atoms with Crippen molar-refractivity contribution in [3.8, 4) is 0 Å². The standard InChI is InChI=1S/C22H24N6O/c1-28-10-8-17-16(13-28)11-18(21(29)25-17)26-22-24-12-15-7-9-23-19(20(15)27-22)14-5-3-2-4-6-14/h5,7,9,11-12H,2-4,6,8,10,13H2,1H3,(H,25,29)(H,24,26,27). The topological polar surface area (TPSA) is 86.8 Å². The lowest BCUT2D eigenvalue weighted by Crippen LogP contribution is -2.29. The van der Waals surface area contributed by atoms with Crippen LogP contribution in [-0.4, -0.2) is 38.4 Å². The maximum absolute atomic E-state index is 12.5. The van der Waals surface area contributed by atoms with E-state index in [2.05, 4.69) is 38.3 Å². The first kappa shape index (κ1) is 18.0. The van der Waals surface area contributed by atoms with E-state index in [0.29, 0.717) is 11.6 Å². The van der Waals surface area contributed by atoms with Crippen molar-refractivity contribution in [2.24, 2.45) is 0 Å². The molecule has 1 aliphatic heterocycles. The van der Waals surface area contributed by atoms with Crippen molar-refractivity contribution in [2.75, 3.05) is 18.9 Å². The number of pyridine rings is 2. The molecule has 0 saturated heterocycles. The monoisotopic (exact) mass is 388 g/mol. The minimum atomic E-state index is -0.140. The Morgan fingerprint density at radius 2 is 2.14 bits per heavy atom. The molecular weight excluding hydrogens is 364 g/mol. The van der Waals surface area contributed by atoms with Crippen LogP contribution in [0.25, 0.3) is 16.5 Å². The van der Waals surface area contributed by atoms with Crippen LogP contribution in [0.3, 0.4) is 0 Å². The molecule has 0 spiro atoms. The molecule has 0 fully saturated rings. The van der Waals surface area contributed by atoms with E-state index in [1.54, 1.807) is 6.20 Å². The van der Waals surface area contributed by atoms with Crippen LogP contribution in [0.2, 0.25) is 0 Å². The third-order valence-corrected chi connectivity index (χ3v) is 5.74. The van der Waals surface area contributed by atoms with Gasteiger partial charge in [0.2, 0.25) is 5.95 Å². The largest absolute Gasteiger partial charge is 0.324 e. The quantitative estimate of drug-likeness (QED) is 0.715. The first-order chi connectivity index (χ1) is 14.2. The van der Waals surface area contributed by atoms with Gasteiger partial charge < -0.3 is 15.2 Å². The van der Waals surface area contributed by atoms with Crippen LogP contribution in [0.15, 0.2) is 35.4 Å². The molecule has 1 aliphatic carbocycles. The summed E-state index contributed by atoms with van der Waals surface area (Å²) in [4.78, 5) is 31.6. The maximum atomic E-state index is 12.5. The molecule has 0 saturated carbocycles. The number of hydrogen-bond donors (Lipinski definition) is 2. The van der Waals surface area contributed by atoms with E-state index >= 15 is 0 Å².